The monoisotopic (exact) mass is 173 g/mol. The van der Waals surface area contributed by atoms with E-state index in [1.807, 2.05) is 0 Å². The molecule has 0 saturated heterocycles. The molecule has 0 aliphatic rings. The van der Waals surface area contributed by atoms with Gasteiger partial charge >= 0.3 is 0 Å². The molecule has 1 aromatic carbocycles. The van der Waals surface area contributed by atoms with E-state index in [0.29, 0.717) is 17.1 Å². The van der Waals surface area contributed by atoms with Crippen molar-refractivity contribution in [3.63, 3.8) is 0 Å². The Hall–Kier alpha value is -0.600. The van der Waals surface area contributed by atoms with Crippen molar-refractivity contribution in [3.8, 4) is 0 Å². The van der Waals surface area contributed by atoms with Crippen LogP contribution in [0.4, 0.5) is 4.39 Å². The van der Waals surface area contributed by atoms with E-state index in [1.165, 1.54) is 6.07 Å². The smallest absolute Gasteiger partial charge is 0.127 e. The van der Waals surface area contributed by atoms with E-state index >= 15 is 0 Å². The van der Waals surface area contributed by atoms with Crippen LogP contribution in [0.3, 0.4) is 0 Å². The van der Waals surface area contributed by atoms with E-state index in [1.54, 1.807) is 13.0 Å². The highest BCUT2D eigenvalue weighted by molar-refractivity contribution is 6.32. The van der Waals surface area contributed by atoms with Crippen LogP contribution < -0.4 is 5.73 Å². The van der Waals surface area contributed by atoms with Gasteiger partial charge in [0.25, 0.3) is 0 Å². The minimum atomic E-state index is -0.285. The van der Waals surface area contributed by atoms with Gasteiger partial charge in [-0.2, -0.15) is 0 Å². The SMILES string of the molecule is Cc1c(F)ccc(CN)c1Cl. The van der Waals surface area contributed by atoms with E-state index in [-0.39, 0.29) is 5.82 Å². The van der Waals surface area contributed by atoms with Crippen LogP contribution in [0.5, 0.6) is 0 Å². The maximum absolute atomic E-state index is 12.8. The van der Waals surface area contributed by atoms with Crippen molar-refractivity contribution >= 4 is 11.6 Å². The van der Waals surface area contributed by atoms with Gasteiger partial charge < -0.3 is 5.73 Å². The van der Waals surface area contributed by atoms with E-state index < -0.39 is 0 Å². The van der Waals surface area contributed by atoms with Gasteiger partial charge in [0.15, 0.2) is 0 Å². The van der Waals surface area contributed by atoms with Crippen molar-refractivity contribution in [2.45, 2.75) is 13.5 Å². The van der Waals surface area contributed by atoms with Gasteiger partial charge in [0.05, 0.1) is 5.02 Å². The number of hydrogen-bond acceptors (Lipinski definition) is 1. The molecule has 0 spiro atoms. The fourth-order valence-electron chi connectivity index (χ4n) is 0.875. The van der Waals surface area contributed by atoms with Crippen molar-refractivity contribution in [2.75, 3.05) is 0 Å². The van der Waals surface area contributed by atoms with Gasteiger partial charge in [-0.1, -0.05) is 17.7 Å². The molecule has 1 nitrogen and oxygen atoms in total. The molecule has 1 rings (SSSR count). The summed E-state index contributed by atoms with van der Waals surface area (Å²) in [5.74, 6) is -0.285. The zero-order valence-corrected chi connectivity index (χ0v) is 6.95. The highest BCUT2D eigenvalue weighted by Crippen LogP contribution is 2.22. The lowest BCUT2D eigenvalue weighted by Crippen LogP contribution is -1.99. The molecule has 0 amide bonds. The Balaban J connectivity index is 3.25. The second kappa shape index (κ2) is 3.20. The van der Waals surface area contributed by atoms with Gasteiger partial charge in [-0.05, 0) is 18.6 Å². The van der Waals surface area contributed by atoms with E-state index in [0.717, 1.165) is 5.56 Å². The Morgan fingerprint density at radius 3 is 2.73 bits per heavy atom. The Morgan fingerprint density at radius 1 is 1.55 bits per heavy atom. The van der Waals surface area contributed by atoms with Gasteiger partial charge in [-0.25, -0.2) is 4.39 Å². The Morgan fingerprint density at radius 2 is 2.18 bits per heavy atom. The molecule has 11 heavy (non-hydrogen) atoms. The van der Waals surface area contributed by atoms with Crippen LogP contribution in [-0.4, -0.2) is 0 Å². The number of hydrogen-bond donors (Lipinski definition) is 1. The third-order valence-electron chi connectivity index (χ3n) is 1.62. The molecule has 0 atom stereocenters. The van der Waals surface area contributed by atoms with Crippen LogP contribution in [0.1, 0.15) is 11.1 Å². The first-order chi connectivity index (χ1) is 5.16. The quantitative estimate of drug-likeness (QED) is 0.693. The summed E-state index contributed by atoms with van der Waals surface area (Å²) < 4.78 is 12.8. The third-order valence-corrected chi connectivity index (χ3v) is 2.15. The van der Waals surface area contributed by atoms with Crippen molar-refractivity contribution in [1.29, 1.82) is 0 Å². The zero-order chi connectivity index (χ0) is 8.43. The molecule has 0 fully saturated rings. The van der Waals surface area contributed by atoms with Crippen LogP contribution in [-0.2, 0) is 6.54 Å². The normalized spacial score (nSPS) is 10.2. The van der Waals surface area contributed by atoms with E-state index in [2.05, 4.69) is 0 Å². The highest BCUT2D eigenvalue weighted by atomic mass is 35.5. The molecule has 1 aromatic rings. The topological polar surface area (TPSA) is 26.0 Å². The van der Waals surface area contributed by atoms with Gasteiger partial charge in [0.1, 0.15) is 5.82 Å². The van der Waals surface area contributed by atoms with Crippen molar-refractivity contribution in [1.82, 2.24) is 0 Å². The maximum Gasteiger partial charge on any atom is 0.127 e. The summed E-state index contributed by atoms with van der Waals surface area (Å²) in [7, 11) is 0. The molecule has 0 radical (unpaired) electrons. The lowest BCUT2D eigenvalue weighted by molar-refractivity contribution is 0.617. The summed E-state index contributed by atoms with van der Waals surface area (Å²) in [5, 5.41) is 0.438. The first kappa shape index (κ1) is 8.50. The third kappa shape index (κ3) is 1.52. The average molecular weight is 174 g/mol. The first-order valence-electron chi connectivity index (χ1n) is 3.30. The molecule has 3 heteroatoms. The minimum Gasteiger partial charge on any atom is -0.326 e. The van der Waals surface area contributed by atoms with E-state index in [9.17, 15) is 4.39 Å². The Kier molecular flexibility index (Phi) is 2.47. The van der Waals surface area contributed by atoms with Crippen LogP contribution in [0.25, 0.3) is 0 Å². The van der Waals surface area contributed by atoms with Gasteiger partial charge in [0.2, 0.25) is 0 Å². The number of rotatable bonds is 1. The molecule has 0 bridgehead atoms. The molecule has 60 valence electrons. The summed E-state index contributed by atoms with van der Waals surface area (Å²) in [6, 6.07) is 2.98. The number of benzene rings is 1. The van der Waals surface area contributed by atoms with Gasteiger partial charge in [0, 0.05) is 12.1 Å². The predicted molar refractivity (Wildman–Crippen MR) is 44.0 cm³/mol. The van der Waals surface area contributed by atoms with Crippen LogP contribution in [0.2, 0.25) is 5.02 Å². The Bertz CT molecular complexity index is 273. The van der Waals surface area contributed by atoms with Crippen LogP contribution in [0.15, 0.2) is 12.1 Å². The molecule has 0 aliphatic heterocycles. The molecule has 2 N–H and O–H groups in total. The maximum atomic E-state index is 12.8. The van der Waals surface area contributed by atoms with E-state index in [4.69, 9.17) is 17.3 Å². The summed E-state index contributed by atoms with van der Waals surface area (Å²) >= 11 is 5.78. The number of nitrogens with two attached hydrogens (primary N) is 1. The number of halogens is 2. The largest absolute Gasteiger partial charge is 0.326 e. The summed E-state index contributed by atoms with van der Waals surface area (Å²) in [5.41, 5.74) is 6.61. The second-order valence-electron chi connectivity index (χ2n) is 2.35. The molecular formula is C8H9ClFN. The summed E-state index contributed by atoms with van der Waals surface area (Å²) in [6.45, 7) is 1.98. The highest BCUT2D eigenvalue weighted by Gasteiger charge is 2.05. The van der Waals surface area contributed by atoms with Gasteiger partial charge in [-0.15, -0.1) is 0 Å². The Labute approximate surface area is 70.0 Å². The molecular weight excluding hydrogens is 165 g/mol. The summed E-state index contributed by atoms with van der Waals surface area (Å²) in [4.78, 5) is 0. The second-order valence-corrected chi connectivity index (χ2v) is 2.73. The first-order valence-corrected chi connectivity index (χ1v) is 3.68. The van der Waals surface area contributed by atoms with Crippen molar-refractivity contribution in [2.24, 2.45) is 5.73 Å². The molecule has 0 aliphatic carbocycles. The van der Waals surface area contributed by atoms with Crippen LogP contribution >= 0.6 is 11.6 Å². The van der Waals surface area contributed by atoms with Crippen molar-refractivity contribution in [3.05, 3.63) is 34.1 Å². The standard InChI is InChI=1S/C8H9ClFN/c1-5-7(10)3-2-6(4-11)8(5)9/h2-3H,4,11H2,1H3. The molecule has 0 heterocycles. The van der Waals surface area contributed by atoms with Crippen LogP contribution in [0, 0.1) is 12.7 Å². The average Bonchev–Trinajstić information content (AvgIpc) is 2.01. The predicted octanol–water partition coefficient (Wildman–Crippen LogP) is 2.25. The fourth-order valence-corrected chi connectivity index (χ4v) is 1.11. The zero-order valence-electron chi connectivity index (χ0n) is 6.20. The summed E-state index contributed by atoms with van der Waals surface area (Å²) in [6.07, 6.45) is 0. The molecule has 0 aromatic heterocycles. The fraction of sp³-hybridized carbons (Fsp3) is 0.250. The van der Waals surface area contributed by atoms with Crippen molar-refractivity contribution < 1.29 is 4.39 Å². The minimum absolute atomic E-state index is 0.285. The lowest BCUT2D eigenvalue weighted by atomic mass is 10.1. The lowest BCUT2D eigenvalue weighted by Gasteiger charge is -2.04. The van der Waals surface area contributed by atoms with Gasteiger partial charge in [-0.3, -0.25) is 0 Å². The molecule has 0 saturated carbocycles. The molecule has 0 unspecified atom stereocenters.